The summed E-state index contributed by atoms with van der Waals surface area (Å²) in [6, 6.07) is 0. The van der Waals surface area contributed by atoms with Crippen molar-refractivity contribution in [3.05, 3.63) is 12.2 Å². The second-order valence-corrected chi connectivity index (χ2v) is 2.65. The quantitative estimate of drug-likeness (QED) is 0.540. The molecule has 0 bridgehead atoms. The minimum atomic E-state index is -0.183. The third kappa shape index (κ3) is 1.45. The highest BCUT2D eigenvalue weighted by Gasteiger charge is 2.23. The van der Waals surface area contributed by atoms with Crippen LogP contribution in [-0.2, 0) is 9.53 Å². The SMILES string of the molecule is C=C(C)C(=O)C1CCCO1. The van der Waals surface area contributed by atoms with Gasteiger partial charge in [0.05, 0.1) is 0 Å². The zero-order valence-electron chi connectivity index (χ0n) is 6.22. The Morgan fingerprint density at radius 2 is 2.40 bits per heavy atom. The Kier molecular flexibility index (Phi) is 2.22. The molecule has 56 valence electrons. The van der Waals surface area contributed by atoms with Gasteiger partial charge in [-0.1, -0.05) is 6.58 Å². The molecule has 1 rings (SSSR count). The first-order valence-electron chi connectivity index (χ1n) is 3.53. The van der Waals surface area contributed by atoms with E-state index in [-0.39, 0.29) is 11.9 Å². The number of ketones is 1. The van der Waals surface area contributed by atoms with Crippen LogP contribution in [0.4, 0.5) is 0 Å². The zero-order chi connectivity index (χ0) is 7.56. The lowest BCUT2D eigenvalue weighted by molar-refractivity contribution is -0.123. The van der Waals surface area contributed by atoms with Gasteiger partial charge in [0.25, 0.3) is 0 Å². The van der Waals surface area contributed by atoms with Gasteiger partial charge in [-0.2, -0.15) is 0 Å². The van der Waals surface area contributed by atoms with E-state index in [0.717, 1.165) is 19.4 Å². The van der Waals surface area contributed by atoms with Crippen molar-refractivity contribution in [1.29, 1.82) is 0 Å². The summed E-state index contributed by atoms with van der Waals surface area (Å²) in [7, 11) is 0. The lowest BCUT2D eigenvalue weighted by atomic mass is 10.1. The van der Waals surface area contributed by atoms with Crippen LogP contribution >= 0.6 is 0 Å². The molecule has 0 aromatic carbocycles. The molecular weight excluding hydrogens is 128 g/mol. The third-order valence-corrected chi connectivity index (χ3v) is 1.64. The van der Waals surface area contributed by atoms with Gasteiger partial charge in [-0.25, -0.2) is 0 Å². The van der Waals surface area contributed by atoms with Gasteiger partial charge < -0.3 is 4.74 Å². The van der Waals surface area contributed by atoms with E-state index in [1.807, 2.05) is 0 Å². The zero-order valence-corrected chi connectivity index (χ0v) is 6.22. The molecule has 1 unspecified atom stereocenters. The largest absolute Gasteiger partial charge is 0.370 e. The Bertz CT molecular complexity index is 155. The molecule has 0 amide bonds. The first kappa shape index (κ1) is 7.48. The number of hydrogen-bond donors (Lipinski definition) is 0. The molecule has 0 aliphatic carbocycles. The van der Waals surface area contributed by atoms with Crippen molar-refractivity contribution in [3.8, 4) is 0 Å². The summed E-state index contributed by atoms with van der Waals surface area (Å²) in [4.78, 5) is 11.1. The molecule has 1 aliphatic rings. The lowest BCUT2D eigenvalue weighted by Crippen LogP contribution is -2.19. The summed E-state index contributed by atoms with van der Waals surface area (Å²) < 4.78 is 5.17. The van der Waals surface area contributed by atoms with Crippen LogP contribution in [-0.4, -0.2) is 18.5 Å². The summed E-state index contributed by atoms with van der Waals surface area (Å²) >= 11 is 0. The molecule has 0 spiro atoms. The normalized spacial score (nSPS) is 24.7. The van der Waals surface area contributed by atoms with Gasteiger partial charge in [0.2, 0.25) is 0 Å². The molecule has 0 aromatic heterocycles. The summed E-state index contributed by atoms with van der Waals surface area (Å²) in [5, 5.41) is 0. The van der Waals surface area contributed by atoms with Crippen LogP contribution in [0, 0.1) is 0 Å². The minimum Gasteiger partial charge on any atom is -0.370 e. The molecule has 1 atom stereocenters. The highest BCUT2D eigenvalue weighted by atomic mass is 16.5. The molecule has 1 fully saturated rings. The fourth-order valence-electron chi connectivity index (χ4n) is 1.06. The maximum atomic E-state index is 11.1. The van der Waals surface area contributed by atoms with Gasteiger partial charge >= 0.3 is 0 Å². The van der Waals surface area contributed by atoms with Crippen LogP contribution in [0.25, 0.3) is 0 Å². The van der Waals surface area contributed by atoms with E-state index in [0.29, 0.717) is 5.57 Å². The molecule has 10 heavy (non-hydrogen) atoms. The average Bonchev–Trinajstić information content (AvgIpc) is 2.36. The number of rotatable bonds is 2. The smallest absolute Gasteiger partial charge is 0.186 e. The second kappa shape index (κ2) is 2.97. The Morgan fingerprint density at radius 1 is 1.70 bits per heavy atom. The van der Waals surface area contributed by atoms with E-state index in [1.54, 1.807) is 6.92 Å². The van der Waals surface area contributed by atoms with Gasteiger partial charge in [0, 0.05) is 6.61 Å². The van der Waals surface area contributed by atoms with Crippen LogP contribution in [0.1, 0.15) is 19.8 Å². The van der Waals surface area contributed by atoms with E-state index in [1.165, 1.54) is 0 Å². The number of hydrogen-bond acceptors (Lipinski definition) is 2. The molecule has 2 heteroatoms. The first-order chi connectivity index (χ1) is 4.72. The van der Waals surface area contributed by atoms with Crippen molar-refractivity contribution in [2.75, 3.05) is 6.61 Å². The van der Waals surface area contributed by atoms with Crippen molar-refractivity contribution in [3.63, 3.8) is 0 Å². The van der Waals surface area contributed by atoms with Crippen LogP contribution in [0.15, 0.2) is 12.2 Å². The molecule has 0 N–H and O–H groups in total. The van der Waals surface area contributed by atoms with Crippen molar-refractivity contribution in [2.45, 2.75) is 25.9 Å². The van der Waals surface area contributed by atoms with Crippen LogP contribution in [0.5, 0.6) is 0 Å². The number of ether oxygens (including phenoxy) is 1. The Balaban J connectivity index is 2.48. The first-order valence-corrected chi connectivity index (χ1v) is 3.53. The number of Topliss-reactive ketones (excluding diaryl/α,β-unsaturated/α-hetero) is 1. The number of carbonyl (C=O) groups excluding carboxylic acids is 1. The van der Waals surface area contributed by atoms with Crippen LogP contribution < -0.4 is 0 Å². The summed E-state index contributed by atoms with van der Waals surface area (Å²) in [5.74, 6) is 0.0671. The molecule has 0 radical (unpaired) electrons. The van der Waals surface area contributed by atoms with E-state index >= 15 is 0 Å². The Hall–Kier alpha value is -0.630. The predicted molar refractivity (Wildman–Crippen MR) is 38.8 cm³/mol. The van der Waals surface area contributed by atoms with Crippen molar-refractivity contribution in [1.82, 2.24) is 0 Å². The fraction of sp³-hybridized carbons (Fsp3) is 0.625. The second-order valence-electron chi connectivity index (χ2n) is 2.65. The fourth-order valence-corrected chi connectivity index (χ4v) is 1.06. The summed E-state index contributed by atoms with van der Waals surface area (Å²) in [6.07, 6.45) is 1.69. The average molecular weight is 140 g/mol. The highest BCUT2D eigenvalue weighted by molar-refractivity contribution is 5.97. The van der Waals surface area contributed by atoms with Gasteiger partial charge in [0.15, 0.2) is 5.78 Å². The maximum absolute atomic E-state index is 11.1. The Morgan fingerprint density at radius 3 is 2.80 bits per heavy atom. The van der Waals surface area contributed by atoms with Crippen LogP contribution in [0.3, 0.4) is 0 Å². The van der Waals surface area contributed by atoms with E-state index < -0.39 is 0 Å². The predicted octanol–water partition coefficient (Wildman–Crippen LogP) is 1.31. The van der Waals surface area contributed by atoms with Gasteiger partial charge in [0.1, 0.15) is 6.10 Å². The van der Waals surface area contributed by atoms with Crippen LogP contribution in [0.2, 0.25) is 0 Å². The topological polar surface area (TPSA) is 26.3 Å². The molecular formula is C8H12O2. The lowest BCUT2D eigenvalue weighted by Gasteiger charge is -2.05. The summed E-state index contributed by atoms with van der Waals surface area (Å²) in [5.41, 5.74) is 0.604. The molecule has 0 aromatic rings. The maximum Gasteiger partial charge on any atom is 0.186 e. The van der Waals surface area contributed by atoms with E-state index in [9.17, 15) is 4.79 Å². The minimum absolute atomic E-state index is 0.0671. The van der Waals surface area contributed by atoms with Gasteiger partial charge in [-0.15, -0.1) is 0 Å². The third-order valence-electron chi connectivity index (χ3n) is 1.64. The standard InChI is InChI=1S/C8H12O2/c1-6(2)8(9)7-4-3-5-10-7/h7H,1,3-5H2,2H3. The molecule has 1 aliphatic heterocycles. The molecule has 0 saturated carbocycles. The van der Waals surface area contributed by atoms with E-state index in [2.05, 4.69) is 6.58 Å². The molecule has 2 nitrogen and oxygen atoms in total. The molecule has 1 heterocycles. The van der Waals surface area contributed by atoms with Crippen molar-refractivity contribution in [2.24, 2.45) is 0 Å². The van der Waals surface area contributed by atoms with E-state index in [4.69, 9.17) is 4.74 Å². The summed E-state index contributed by atoms with van der Waals surface area (Å²) in [6.45, 7) is 6.02. The monoisotopic (exact) mass is 140 g/mol. The number of carbonyl (C=O) groups is 1. The highest BCUT2D eigenvalue weighted by Crippen LogP contribution is 2.15. The Labute approximate surface area is 60.9 Å². The van der Waals surface area contributed by atoms with Gasteiger partial charge in [-0.3, -0.25) is 4.79 Å². The molecule has 1 saturated heterocycles. The van der Waals surface area contributed by atoms with Gasteiger partial charge in [-0.05, 0) is 25.3 Å². The van der Waals surface area contributed by atoms with Crippen molar-refractivity contribution < 1.29 is 9.53 Å². The van der Waals surface area contributed by atoms with Crippen molar-refractivity contribution >= 4 is 5.78 Å².